The van der Waals surface area contributed by atoms with Gasteiger partial charge in [0.2, 0.25) is 0 Å². The molecule has 0 aromatic carbocycles. The predicted molar refractivity (Wildman–Crippen MR) is 81.5 cm³/mol. The quantitative estimate of drug-likeness (QED) is 0.664. The number of aromatic nitrogens is 1. The van der Waals surface area contributed by atoms with Crippen LogP contribution in [0.2, 0.25) is 0 Å². The summed E-state index contributed by atoms with van der Waals surface area (Å²) in [6.45, 7) is 7.63. The molecule has 0 bridgehead atoms. The van der Waals surface area contributed by atoms with Gasteiger partial charge in [0.15, 0.2) is 0 Å². The van der Waals surface area contributed by atoms with Crippen LogP contribution in [0, 0.1) is 5.92 Å². The van der Waals surface area contributed by atoms with Crippen LogP contribution in [-0.4, -0.2) is 43.2 Å². The lowest BCUT2D eigenvalue weighted by atomic mass is 10.2. The van der Waals surface area contributed by atoms with E-state index in [1.807, 2.05) is 6.20 Å². The van der Waals surface area contributed by atoms with Gasteiger partial charge in [-0.05, 0) is 44.0 Å². The molecule has 0 atom stereocenters. The molecule has 1 aromatic heterocycles. The molecular formula is C16H27N3O. The first-order valence-corrected chi connectivity index (χ1v) is 7.68. The lowest BCUT2D eigenvalue weighted by molar-refractivity contribution is 0.101. The van der Waals surface area contributed by atoms with Crippen LogP contribution in [0.15, 0.2) is 18.3 Å². The fourth-order valence-corrected chi connectivity index (χ4v) is 2.03. The molecule has 1 aliphatic carbocycles. The minimum atomic E-state index is 0.825. The summed E-state index contributed by atoms with van der Waals surface area (Å²) in [7, 11) is 2.12. The van der Waals surface area contributed by atoms with E-state index in [1.54, 1.807) is 0 Å². The molecule has 1 aromatic rings. The monoisotopic (exact) mass is 277 g/mol. The first-order chi connectivity index (χ1) is 9.78. The maximum absolute atomic E-state index is 5.66. The third-order valence-corrected chi connectivity index (χ3v) is 3.56. The number of likely N-dealkylation sites (N-methyl/N-ethyl adjacent to an activating group) is 1. The normalized spacial score (nSPS) is 14.9. The van der Waals surface area contributed by atoms with E-state index in [1.165, 1.54) is 18.4 Å². The summed E-state index contributed by atoms with van der Waals surface area (Å²) < 4.78 is 5.66. The van der Waals surface area contributed by atoms with E-state index in [-0.39, 0.29) is 0 Å². The van der Waals surface area contributed by atoms with Crippen LogP contribution in [0.3, 0.4) is 0 Å². The van der Waals surface area contributed by atoms with Crippen molar-refractivity contribution in [3.8, 4) is 0 Å². The summed E-state index contributed by atoms with van der Waals surface area (Å²) in [6.07, 6.45) is 4.69. The molecule has 0 amide bonds. The van der Waals surface area contributed by atoms with Gasteiger partial charge in [0, 0.05) is 32.4 Å². The topological polar surface area (TPSA) is 37.4 Å². The van der Waals surface area contributed by atoms with Crippen molar-refractivity contribution >= 4 is 0 Å². The fraction of sp³-hybridized carbons (Fsp3) is 0.688. The van der Waals surface area contributed by atoms with Gasteiger partial charge in [-0.25, -0.2) is 0 Å². The third-order valence-electron chi connectivity index (χ3n) is 3.56. The van der Waals surface area contributed by atoms with Gasteiger partial charge in [0.05, 0.1) is 12.3 Å². The van der Waals surface area contributed by atoms with Crippen molar-refractivity contribution in [1.29, 1.82) is 0 Å². The highest BCUT2D eigenvalue weighted by atomic mass is 16.5. The molecule has 1 aliphatic rings. The number of rotatable bonds is 10. The summed E-state index contributed by atoms with van der Waals surface area (Å²) in [6, 6.07) is 4.27. The molecule has 1 saturated carbocycles. The van der Waals surface area contributed by atoms with Gasteiger partial charge in [-0.3, -0.25) is 9.88 Å². The number of nitrogens with zero attached hydrogens (tertiary/aromatic N) is 2. The largest absolute Gasteiger partial charge is 0.380 e. The molecular weight excluding hydrogens is 250 g/mol. The molecule has 0 spiro atoms. The fourth-order valence-electron chi connectivity index (χ4n) is 2.03. The van der Waals surface area contributed by atoms with Gasteiger partial charge in [0.1, 0.15) is 0 Å². The van der Waals surface area contributed by atoms with Crippen molar-refractivity contribution in [3.05, 3.63) is 29.6 Å². The van der Waals surface area contributed by atoms with Gasteiger partial charge in [-0.15, -0.1) is 0 Å². The summed E-state index contributed by atoms with van der Waals surface area (Å²) in [5.41, 5.74) is 2.36. The number of nitrogens with one attached hydrogen (secondary N) is 1. The van der Waals surface area contributed by atoms with Crippen LogP contribution in [0.25, 0.3) is 0 Å². The third kappa shape index (κ3) is 5.99. The van der Waals surface area contributed by atoms with Crippen LogP contribution in [0.4, 0.5) is 0 Å². The van der Waals surface area contributed by atoms with Crippen LogP contribution in [0.1, 0.15) is 31.0 Å². The Morgan fingerprint density at radius 1 is 1.40 bits per heavy atom. The number of ether oxygens (including phenoxy) is 1. The predicted octanol–water partition coefficient (Wildman–Crippen LogP) is 2.05. The Morgan fingerprint density at radius 2 is 2.25 bits per heavy atom. The van der Waals surface area contributed by atoms with Gasteiger partial charge in [-0.1, -0.05) is 13.0 Å². The van der Waals surface area contributed by atoms with Crippen molar-refractivity contribution in [2.24, 2.45) is 5.92 Å². The van der Waals surface area contributed by atoms with E-state index >= 15 is 0 Å². The lowest BCUT2D eigenvalue weighted by Gasteiger charge is -2.16. The highest BCUT2D eigenvalue weighted by molar-refractivity contribution is 5.13. The Morgan fingerprint density at radius 3 is 2.90 bits per heavy atom. The zero-order valence-corrected chi connectivity index (χ0v) is 12.8. The van der Waals surface area contributed by atoms with Crippen molar-refractivity contribution in [3.63, 3.8) is 0 Å². The lowest BCUT2D eigenvalue weighted by Crippen LogP contribution is -2.23. The standard InChI is InChI=1S/C16H27N3O/c1-3-17-10-15-6-7-16(18-11-15)12-19(2)8-9-20-13-14-4-5-14/h6-7,11,14,17H,3-5,8-10,12-13H2,1-2H3. The maximum Gasteiger partial charge on any atom is 0.0593 e. The summed E-state index contributed by atoms with van der Waals surface area (Å²) in [4.78, 5) is 6.78. The molecule has 0 unspecified atom stereocenters. The molecule has 112 valence electrons. The van der Waals surface area contributed by atoms with Crippen molar-refractivity contribution in [2.45, 2.75) is 32.9 Å². The van der Waals surface area contributed by atoms with Gasteiger partial charge < -0.3 is 10.1 Å². The van der Waals surface area contributed by atoms with Crippen LogP contribution in [0.5, 0.6) is 0 Å². The van der Waals surface area contributed by atoms with Gasteiger partial charge >= 0.3 is 0 Å². The Kier molecular flexibility index (Phi) is 6.43. The number of pyridine rings is 1. The zero-order chi connectivity index (χ0) is 14.2. The molecule has 1 fully saturated rings. The highest BCUT2D eigenvalue weighted by Gasteiger charge is 2.20. The van der Waals surface area contributed by atoms with Crippen molar-refractivity contribution < 1.29 is 4.74 Å². The second kappa shape index (κ2) is 8.35. The Hall–Kier alpha value is -0.970. The highest BCUT2D eigenvalue weighted by Crippen LogP contribution is 2.28. The average Bonchev–Trinajstić information content (AvgIpc) is 3.27. The minimum Gasteiger partial charge on any atom is -0.380 e. The Balaban J connectivity index is 1.63. The van der Waals surface area contributed by atoms with E-state index in [0.29, 0.717) is 0 Å². The molecule has 1 heterocycles. The molecule has 0 radical (unpaired) electrons. The summed E-state index contributed by atoms with van der Waals surface area (Å²) >= 11 is 0. The first kappa shape index (κ1) is 15.4. The van der Waals surface area contributed by atoms with Crippen LogP contribution >= 0.6 is 0 Å². The van der Waals surface area contributed by atoms with Crippen molar-refractivity contribution in [1.82, 2.24) is 15.2 Å². The van der Waals surface area contributed by atoms with Crippen LogP contribution < -0.4 is 5.32 Å². The van der Waals surface area contributed by atoms with Crippen molar-refractivity contribution in [2.75, 3.05) is 33.4 Å². The van der Waals surface area contributed by atoms with E-state index in [9.17, 15) is 0 Å². The minimum absolute atomic E-state index is 0.825. The Bertz CT molecular complexity index is 376. The summed E-state index contributed by atoms with van der Waals surface area (Å²) in [5.74, 6) is 0.853. The molecule has 4 heteroatoms. The molecule has 0 aliphatic heterocycles. The smallest absolute Gasteiger partial charge is 0.0593 e. The SMILES string of the molecule is CCNCc1ccc(CN(C)CCOCC2CC2)nc1. The molecule has 1 N–H and O–H groups in total. The molecule has 4 nitrogen and oxygen atoms in total. The van der Waals surface area contributed by atoms with E-state index in [2.05, 4.69) is 41.3 Å². The molecule has 20 heavy (non-hydrogen) atoms. The molecule has 2 rings (SSSR count). The van der Waals surface area contributed by atoms with Gasteiger partial charge in [-0.2, -0.15) is 0 Å². The average molecular weight is 277 g/mol. The maximum atomic E-state index is 5.66. The van der Waals surface area contributed by atoms with E-state index < -0.39 is 0 Å². The van der Waals surface area contributed by atoms with E-state index in [0.717, 1.165) is 51.0 Å². The van der Waals surface area contributed by atoms with Gasteiger partial charge in [0.25, 0.3) is 0 Å². The van der Waals surface area contributed by atoms with E-state index in [4.69, 9.17) is 4.74 Å². The second-order valence-electron chi connectivity index (χ2n) is 5.69. The second-order valence-corrected chi connectivity index (χ2v) is 5.69. The number of hydrogen-bond donors (Lipinski definition) is 1. The summed E-state index contributed by atoms with van der Waals surface area (Å²) in [5, 5.41) is 3.31. The van der Waals surface area contributed by atoms with Crippen LogP contribution in [-0.2, 0) is 17.8 Å². The first-order valence-electron chi connectivity index (χ1n) is 7.68. The Labute approximate surface area is 122 Å². The molecule has 0 saturated heterocycles. The number of hydrogen-bond acceptors (Lipinski definition) is 4. The zero-order valence-electron chi connectivity index (χ0n) is 12.8.